The zero-order valence-electron chi connectivity index (χ0n) is 13.6. The Hall–Kier alpha value is -1.97. The van der Waals surface area contributed by atoms with Crippen LogP contribution in [-0.4, -0.2) is 17.2 Å². The number of allylic oxidation sites excluding steroid dienone is 1. The van der Waals surface area contributed by atoms with Gasteiger partial charge in [0.1, 0.15) is 5.75 Å². The molecule has 0 spiro atoms. The van der Waals surface area contributed by atoms with Gasteiger partial charge in [-0.15, -0.1) is 0 Å². The Kier molecular flexibility index (Phi) is 3.74. The molecule has 0 aliphatic carbocycles. The van der Waals surface area contributed by atoms with E-state index in [9.17, 15) is 4.79 Å². The topological polar surface area (TPSA) is 50.4 Å². The van der Waals surface area contributed by atoms with E-state index in [1.807, 2.05) is 39.0 Å². The van der Waals surface area contributed by atoms with Crippen LogP contribution in [0.15, 0.2) is 24.3 Å². The van der Waals surface area contributed by atoms with E-state index in [1.165, 1.54) is 5.57 Å². The van der Waals surface area contributed by atoms with Gasteiger partial charge in [-0.05, 0) is 59.2 Å². The summed E-state index contributed by atoms with van der Waals surface area (Å²) in [6.07, 6.45) is 1.76. The lowest BCUT2D eigenvalue weighted by molar-refractivity contribution is 0.190. The lowest BCUT2D eigenvalue weighted by atomic mass is 9.91. The van der Waals surface area contributed by atoms with E-state index in [-0.39, 0.29) is 11.1 Å². The molecule has 0 aromatic heterocycles. The normalized spacial score (nSPS) is 16.4. The summed E-state index contributed by atoms with van der Waals surface area (Å²) >= 11 is 0. The van der Waals surface area contributed by atoms with E-state index in [0.29, 0.717) is 5.75 Å². The maximum Gasteiger partial charge on any atom is 0.413 e. The third kappa shape index (κ3) is 4.00. The molecule has 0 fully saturated rings. The van der Waals surface area contributed by atoms with Crippen LogP contribution >= 0.6 is 0 Å². The molecule has 2 rings (SSSR count). The fourth-order valence-electron chi connectivity index (χ4n) is 2.48. The van der Waals surface area contributed by atoms with Gasteiger partial charge in [0, 0.05) is 22.9 Å². The predicted octanol–water partition coefficient (Wildman–Crippen LogP) is 4.18. The maximum absolute atomic E-state index is 11.8. The first kappa shape index (κ1) is 15.4. The zero-order chi connectivity index (χ0) is 15.8. The smallest absolute Gasteiger partial charge is 0.410 e. The third-order valence-corrected chi connectivity index (χ3v) is 3.14. The van der Waals surface area contributed by atoms with Crippen molar-refractivity contribution >= 4 is 17.4 Å². The highest BCUT2D eigenvalue weighted by molar-refractivity contribution is 5.81. The summed E-state index contributed by atoms with van der Waals surface area (Å²) in [4.78, 5) is 11.8. The van der Waals surface area contributed by atoms with Crippen molar-refractivity contribution in [2.24, 2.45) is 0 Å². The van der Waals surface area contributed by atoms with Crippen molar-refractivity contribution in [2.75, 3.05) is 5.32 Å². The van der Waals surface area contributed by atoms with Crippen LogP contribution in [0.2, 0.25) is 0 Å². The van der Waals surface area contributed by atoms with Gasteiger partial charge in [0.2, 0.25) is 0 Å². The number of anilines is 1. The van der Waals surface area contributed by atoms with Gasteiger partial charge in [-0.2, -0.15) is 0 Å². The Morgan fingerprint density at radius 3 is 2.57 bits per heavy atom. The summed E-state index contributed by atoms with van der Waals surface area (Å²) in [7, 11) is 0. The van der Waals surface area contributed by atoms with Gasteiger partial charge >= 0.3 is 6.09 Å². The number of carbonyl (C=O) groups is 1. The monoisotopic (exact) mass is 288 g/mol. The van der Waals surface area contributed by atoms with Crippen LogP contribution in [-0.2, 0) is 0 Å². The summed E-state index contributed by atoms with van der Waals surface area (Å²) in [6.45, 7) is 12.1. The lowest BCUT2D eigenvalue weighted by Gasteiger charge is -2.31. The number of amides is 1. The van der Waals surface area contributed by atoms with E-state index in [4.69, 9.17) is 4.74 Å². The number of hydrogen-bond acceptors (Lipinski definition) is 3. The molecule has 4 heteroatoms. The van der Waals surface area contributed by atoms with Crippen molar-refractivity contribution in [1.82, 2.24) is 5.32 Å². The highest BCUT2D eigenvalue weighted by Gasteiger charge is 2.23. The molecule has 0 unspecified atom stereocenters. The largest absolute Gasteiger partial charge is 0.413 e. The SMILES string of the molecule is CC1=CC(C)(C)Nc2cc(OC(=O)NC(C)(C)C)ccc21. The third-order valence-electron chi connectivity index (χ3n) is 3.14. The molecule has 21 heavy (non-hydrogen) atoms. The number of rotatable bonds is 1. The van der Waals surface area contributed by atoms with E-state index >= 15 is 0 Å². The van der Waals surface area contributed by atoms with Gasteiger partial charge < -0.3 is 15.4 Å². The standard InChI is InChI=1S/C17H24N2O2/c1-11-10-17(5,6)18-14-9-12(7-8-13(11)14)21-15(20)19-16(2,3)4/h7-10,18H,1-6H3,(H,19,20). The lowest BCUT2D eigenvalue weighted by Crippen LogP contribution is -2.42. The van der Waals surface area contributed by atoms with Crippen LogP contribution in [0.5, 0.6) is 5.75 Å². The molecule has 0 atom stereocenters. The second-order valence-electron chi connectivity index (χ2n) is 7.15. The number of hydrogen-bond donors (Lipinski definition) is 2. The van der Waals surface area contributed by atoms with Gasteiger partial charge in [-0.25, -0.2) is 4.79 Å². The minimum atomic E-state index is -0.440. The molecule has 1 aliphatic heterocycles. The Bertz CT molecular complexity index is 595. The van der Waals surface area contributed by atoms with Crippen molar-refractivity contribution in [3.63, 3.8) is 0 Å². The molecule has 114 valence electrons. The van der Waals surface area contributed by atoms with Crippen molar-refractivity contribution in [1.29, 1.82) is 0 Å². The number of fused-ring (bicyclic) bond motifs is 1. The molecule has 1 amide bonds. The highest BCUT2D eigenvalue weighted by atomic mass is 16.6. The van der Waals surface area contributed by atoms with Crippen molar-refractivity contribution in [2.45, 2.75) is 52.6 Å². The molecule has 0 saturated carbocycles. The van der Waals surface area contributed by atoms with E-state index in [0.717, 1.165) is 11.3 Å². The molecule has 0 saturated heterocycles. The maximum atomic E-state index is 11.8. The first-order valence-electron chi connectivity index (χ1n) is 7.18. The number of ether oxygens (including phenoxy) is 1. The molecule has 0 radical (unpaired) electrons. The molecular formula is C17H24N2O2. The average molecular weight is 288 g/mol. The minimum absolute atomic E-state index is 0.108. The Morgan fingerprint density at radius 2 is 1.95 bits per heavy atom. The average Bonchev–Trinajstić information content (AvgIpc) is 2.23. The second kappa shape index (κ2) is 5.10. The van der Waals surface area contributed by atoms with Crippen molar-refractivity contribution in [3.8, 4) is 5.75 Å². The van der Waals surface area contributed by atoms with Crippen molar-refractivity contribution < 1.29 is 9.53 Å². The van der Waals surface area contributed by atoms with E-state index in [2.05, 4.69) is 37.5 Å². The van der Waals surface area contributed by atoms with Gasteiger partial charge in [-0.3, -0.25) is 0 Å². The first-order valence-corrected chi connectivity index (χ1v) is 7.18. The summed E-state index contributed by atoms with van der Waals surface area (Å²) < 4.78 is 5.35. The Labute approximate surface area is 126 Å². The number of nitrogens with one attached hydrogen (secondary N) is 2. The zero-order valence-corrected chi connectivity index (χ0v) is 13.6. The number of benzene rings is 1. The van der Waals surface area contributed by atoms with Crippen LogP contribution in [0, 0.1) is 0 Å². The predicted molar refractivity (Wildman–Crippen MR) is 86.7 cm³/mol. The Balaban J connectivity index is 2.19. The fourth-order valence-corrected chi connectivity index (χ4v) is 2.48. The van der Waals surface area contributed by atoms with Crippen LogP contribution in [0.4, 0.5) is 10.5 Å². The summed E-state index contributed by atoms with van der Waals surface area (Å²) in [6, 6.07) is 5.66. The van der Waals surface area contributed by atoms with Crippen molar-refractivity contribution in [3.05, 3.63) is 29.8 Å². The number of carbonyl (C=O) groups excluding carboxylic acids is 1. The molecule has 0 bridgehead atoms. The van der Waals surface area contributed by atoms with E-state index < -0.39 is 6.09 Å². The minimum Gasteiger partial charge on any atom is -0.410 e. The van der Waals surface area contributed by atoms with Crippen LogP contribution in [0.1, 0.15) is 47.1 Å². The quantitative estimate of drug-likeness (QED) is 0.815. The van der Waals surface area contributed by atoms with Crippen LogP contribution < -0.4 is 15.4 Å². The van der Waals surface area contributed by atoms with Crippen LogP contribution in [0.25, 0.3) is 5.57 Å². The molecule has 1 aromatic carbocycles. The fraction of sp³-hybridized carbons (Fsp3) is 0.471. The molecular weight excluding hydrogens is 264 g/mol. The first-order chi connectivity index (χ1) is 9.56. The van der Waals surface area contributed by atoms with Gasteiger partial charge in [-0.1, -0.05) is 6.08 Å². The van der Waals surface area contributed by atoms with E-state index in [1.54, 1.807) is 0 Å². The van der Waals surface area contributed by atoms with Gasteiger partial charge in [0.05, 0.1) is 5.54 Å². The summed E-state index contributed by atoms with van der Waals surface area (Å²) in [5.74, 6) is 0.536. The van der Waals surface area contributed by atoms with Gasteiger partial charge in [0.25, 0.3) is 0 Å². The molecule has 4 nitrogen and oxygen atoms in total. The molecule has 1 aromatic rings. The molecule has 1 heterocycles. The van der Waals surface area contributed by atoms with Crippen LogP contribution in [0.3, 0.4) is 0 Å². The molecule has 2 N–H and O–H groups in total. The summed E-state index contributed by atoms with van der Waals surface area (Å²) in [5, 5.41) is 6.22. The second-order valence-corrected chi connectivity index (χ2v) is 7.15. The summed E-state index contributed by atoms with van der Waals surface area (Å²) in [5.41, 5.74) is 2.92. The Morgan fingerprint density at radius 1 is 1.29 bits per heavy atom. The molecule has 1 aliphatic rings. The van der Waals surface area contributed by atoms with Gasteiger partial charge in [0.15, 0.2) is 0 Å². The highest BCUT2D eigenvalue weighted by Crippen LogP contribution is 2.35.